The Morgan fingerprint density at radius 3 is 2.88 bits per heavy atom. The van der Waals surface area contributed by atoms with Crippen molar-refractivity contribution in [3.8, 4) is 0 Å². The summed E-state index contributed by atoms with van der Waals surface area (Å²) < 4.78 is 10.5. The van der Waals surface area contributed by atoms with Crippen LogP contribution in [0.25, 0.3) is 0 Å². The second-order valence-corrected chi connectivity index (χ2v) is 4.72. The van der Waals surface area contributed by atoms with Gasteiger partial charge in [-0.15, -0.1) is 6.58 Å². The number of carbonyl (C=O) groups is 2. The molecule has 4 heteroatoms. The quantitative estimate of drug-likeness (QED) is 0.426. The number of methoxy groups -OCH3 is 1. The van der Waals surface area contributed by atoms with Crippen molar-refractivity contribution < 1.29 is 19.1 Å². The fourth-order valence-corrected chi connectivity index (χ4v) is 2.90. The van der Waals surface area contributed by atoms with Crippen LogP contribution in [0.1, 0.15) is 32.1 Å². The van der Waals surface area contributed by atoms with Gasteiger partial charge in [0.05, 0.1) is 13.2 Å². The smallest absolute Gasteiger partial charge is 0.346 e. The van der Waals surface area contributed by atoms with E-state index in [1.54, 1.807) is 6.08 Å². The van der Waals surface area contributed by atoms with Crippen LogP contribution in [0.15, 0.2) is 12.7 Å². The van der Waals surface area contributed by atoms with Crippen LogP contribution in [0.4, 0.5) is 0 Å². The Morgan fingerprint density at radius 2 is 2.29 bits per heavy atom. The van der Waals surface area contributed by atoms with E-state index >= 15 is 0 Å². The van der Waals surface area contributed by atoms with Crippen LogP contribution in [0, 0.1) is 5.92 Å². The van der Waals surface area contributed by atoms with E-state index in [2.05, 4.69) is 6.58 Å². The van der Waals surface area contributed by atoms with Crippen LogP contribution in [-0.4, -0.2) is 30.6 Å². The summed E-state index contributed by atoms with van der Waals surface area (Å²) in [5.41, 5.74) is -1.42. The van der Waals surface area contributed by atoms with E-state index in [-0.39, 0.29) is 24.2 Å². The zero-order valence-electron chi connectivity index (χ0n) is 10.1. The van der Waals surface area contributed by atoms with E-state index < -0.39 is 11.6 Å². The zero-order valence-corrected chi connectivity index (χ0v) is 10.1. The first-order valence-corrected chi connectivity index (χ1v) is 6.07. The number of ketones is 1. The van der Waals surface area contributed by atoms with Crippen LogP contribution < -0.4 is 0 Å². The van der Waals surface area contributed by atoms with E-state index in [0.29, 0.717) is 0 Å². The highest BCUT2D eigenvalue weighted by Gasteiger charge is 2.59. The maximum absolute atomic E-state index is 12.4. The van der Waals surface area contributed by atoms with Gasteiger partial charge in [0.1, 0.15) is 0 Å². The Balaban J connectivity index is 2.30. The van der Waals surface area contributed by atoms with Crippen molar-refractivity contribution in [2.75, 3.05) is 7.11 Å². The highest BCUT2D eigenvalue weighted by Crippen LogP contribution is 2.42. The molecule has 2 aliphatic rings. The van der Waals surface area contributed by atoms with E-state index in [1.165, 1.54) is 7.11 Å². The number of ether oxygens (including phenoxy) is 2. The van der Waals surface area contributed by atoms with Crippen LogP contribution in [-0.2, 0) is 19.1 Å². The molecule has 0 aromatic rings. The number of hydrogen-bond donors (Lipinski definition) is 0. The van der Waals surface area contributed by atoms with Crippen molar-refractivity contribution in [1.29, 1.82) is 0 Å². The highest BCUT2D eigenvalue weighted by atomic mass is 16.6. The predicted octanol–water partition coefficient (Wildman–Crippen LogP) is 1.63. The fraction of sp³-hybridized carbons (Fsp3) is 0.692. The molecule has 3 atom stereocenters. The summed E-state index contributed by atoms with van der Waals surface area (Å²) in [5, 5.41) is 0. The minimum absolute atomic E-state index is 0.115. The van der Waals surface area contributed by atoms with Gasteiger partial charge in [-0.05, 0) is 12.8 Å². The van der Waals surface area contributed by atoms with Crippen molar-refractivity contribution in [2.24, 2.45) is 5.92 Å². The van der Waals surface area contributed by atoms with Crippen molar-refractivity contribution in [3.05, 3.63) is 12.7 Å². The van der Waals surface area contributed by atoms with Crippen molar-refractivity contribution in [1.82, 2.24) is 0 Å². The molecule has 94 valence electrons. The summed E-state index contributed by atoms with van der Waals surface area (Å²) in [4.78, 5) is 24.2. The number of esters is 1. The molecule has 0 amide bonds. The molecule has 3 unspecified atom stereocenters. The molecule has 1 saturated heterocycles. The van der Waals surface area contributed by atoms with E-state index in [4.69, 9.17) is 9.47 Å². The lowest BCUT2D eigenvalue weighted by Crippen LogP contribution is -2.46. The zero-order chi connectivity index (χ0) is 12.5. The van der Waals surface area contributed by atoms with Gasteiger partial charge in [-0.1, -0.05) is 18.9 Å². The van der Waals surface area contributed by atoms with Crippen molar-refractivity contribution in [3.63, 3.8) is 0 Å². The van der Waals surface area contributed by atoms with E-state index in [9.17, 15) is 9.59 Å². The molecule has 1 saturated carbocycles. The molecule has 1 heterocycles. The number of fused-ring (bicyclic) bond motifs is 1. The first-order valence-electron chi connectivity index (χ1n) is 6.07. The third-order valence-corrected chi connectivity index (χ3v) is 3.74. The lowest BCUT2D eigenvalue weighted by molar-refractivity contribution is -0.170. The van der Waals surface area contributed by atoms with Gasteiger partial charge in [-0.2, -0.15) is 0 Å². The molecule has 17 heavy (non-hydrogen) atoms. The minimum Gasteiger partial charge on any atom is -0.467 e. The van der Waals surface area contributed by atoms with Gasteiger partial charge < -0.3 is 9.47 Å². The normalized spacial score (nSPS) is 36.4. The summed E-state index contributed by atoms with van der Waals surface area (Å²) in [5.74, 6) is -0.839. The maximum Gasteiger partial charge on any atom is 0.346 e. The number of rotatable bonds is 3. The van der Waals surface area contributed by atoms with Gasteiger partial charge >= 0.3 is 5.97 Å². The number of hydrogen-bond acceptors (Lipinski definition) is 4. The molecule has 1 aliphatic carbocycles. The molecule has 0 spiro atoms. The molecule has 0 radical (unpaired) electrons. The Bertz CT molecular complexity index is 349. The molecule has 2 fully saturated rings. The average molecular weight is 238 g/mol. The van der Waals surface area contributed by atoms with Gasteiger partial charge in [0.15, 0.2) is 5.78 Å². The van der Waals surface area contributed by atoms with Crippen LogP contribution in [0.5, 0.6) is 0 Å². The maximum atomic E-state index is 12.4. The Labute approximate surface area is 101 Å². The summed E-state index contributed by atoms with van der Waals surface area (Å²) in [7, 11) is 1.28. The third kappa shape index (κ3) is 1.80. The Morgan fingerprint density at radius 1 is 1.59 bits per heavy atom. The van der Waals surface area contributed by atoms with Gasteiger partial charge in [-0.25, -0.2) is 4.79 Å². The summed E-state index contributed by atoms with van der Waals surface area (Å²) in [6, 6.07) is 0. The molecule has 2 rings (SSSR count). The molecule has 1 aliphatic heterocycles. The third-order valence-electron chi connectivity index (χ3n) is 3.74. The summed E-state index contributed by atoms with van der Waals surface area (Å²) >= 11 is 0. The first-order chi connectivity index (χ1) is 8.15. The van der Waals surface area contributed by atoms with Gasteiger partial charge in [0, 0.05) is 12.3 Å². The predicted molar refractivity (Wildman–Crippen MR) is 61.4 cm³/mol. The fourth-order valence-electron chi connectivity index (χ4n) is 2.90. The lowest BCUT2D eigenvalue weighted by atomic mass is 9.80. The molecule has 0 bridgehead atoms. The molecule has 0 aromatic carbocycles. The van der Waals surface area contributed by atoms with E-state index in [1.807, 2.05) is 0 Å². The molecular weight excluding hydrogens is 220 g/mol. The highest BCUT2D eigenvalue weighted by molar-refractivity contribution is 6.10. The molecule has 4 nitrogen and oxygen atoms in total. The van der Waals surface area contributed by atoms with Crippen LogP contribution >= 0.6 is 0 Å². The largest absolute Gasteiger partial charge is 0.467 e. The Kier molecular flexibility index (Phi) is 3.33. The first kappa shape index (κ1) is 12.3. The second kappa shape index (κ2) is 4.61. The minimum atomic E-state index is -1.42. The van der Waals surface area contributed by atoms with Crippen LogP contribution in [0.2, 0.25) is 0 Å². The van der Waals surface area contributed by atoms with E-state index in [0.717, 1.165) is 25.7 Å². The summed E-state index contributed by atoms with van der Waals surface area (Å²) in [6.07, 6.45) is 5.39. The van der Waals surface area contributed by atoms with Crippen molar-refractivity contribution in [2.45, 2.75) is 43.8 Å². The number of Topliss-reactive ketones (excluding diaryl/α,β-unsaturated/α-hetero) is 1. The topological polar surface area (TPSA) is 52.6 Å². The average Bonchev–Trinajstić information content (AvgIpc) is 2.64. The lowest BCUT2D eigenvalue weighted by Gasteiger charge is -2.24. The monoisotopic (exact) mass is 238 g/mol. The SMILES string of the molecule is C=CCC1(C(=O)OC)OC2CCCCC2C1=O. The molecule has 0 aromatic heterocycles. The van der Waals surface area contributed by atoms with Gasteiger partial charge in [0.2, 0.25) is 5.60 Å². The molecule has 0 N–H and O–H groups in total. The second-order valence-electron chi connectivity index (χ2n) is 4.72. The number of carbonyl (C=O) groups excluding carboxylic acids is 2. The van der Waals surface area contributed by atoms with Crippen LogP contribution in [0.3, 0.4) is 0 Å². The van der Waals surface area contributed by atoms with Crippen molar-refractivity contribution >= 4 is 11.8 Å². The Hall–Kier alpha value is -1.16. The standard InChI is InChI=1S/C13H18O4/c1-3-8-13(12(15)16-2)11(14)9-6-4-5-7-10(9)17-13/h3,9-10H,1,4-8H2,2H3. The van der Waals surface area contributed by atoms with Gasteiger partial charge in [-0.3, -0.25) is 4.79 Å². The van der Waals surface area contributed by atoms with Gasteiger partial charge in [0.25, 0.3) is 0 Å². The molecular formula is C13H18O4. The summed E-state index contributed by atoms with van der Waals surface area (Å²) in [6.45, 7) is 3.60.